The van der Waals surface area contributed by atoms with Crippen LogP contribution in [0.2, 0.25) is 5.02 Å². The molecule has 1 aliphatic rings. The maximum Gasteiger partial charge on any atom is 0.299 e. The molecule has 0 fully saturated rings. The van der Waals surface area contributed by atoms with E-state index in [2.05, 4.69) is 20.6 Å². The third kappa shape index (κ3) is 3.31. The van der Waals surface area contributed by atoms with Gasteiger partial charge in [0, 0.05) is 25.2 Å². The topological polar surface area (TPSA) is 97.4 Å². The highest BCUT2D eigenvalue weighted by Crippen LogP contribution is 2.44. The van der Waals surface area contributed by atoms with E-state index in [4.69, 9.17) is 11.6 Å². The Hall–Kier alpha value is -3.86. The Kier molecular flexibility index (Phi) is 5.08. The number of fused-ring (bicyclic) bond motifs is 2. The van der Waals surface area contributed by atoms with Gasteiger partial charge in [-0.15, -0.1) is 15.3 Å². The fourth-order valence-electron chi connectivity index (χ4n) is 4.31. The number of benzene rings is 1. The summed E-state index contributed by atoms with van der Waals surface area (Å²) in [6.07, 6.45) is -1.23. The Morgan fingerprint density at radius 2 is 1.91 bits per heavy atom. The van der Waals surface area contributed by atoms with Gasteiger partial charge in [0.05, 0.1) is 16.9 Å². The fourth-order valence-corrected chi connectivity index (χ4v) is 4.43. The minimum absolute atomic E-state index is 0.140. The normalized spacial score (nSPS) is 15.4. The van der Waals surface area contributed by atoms with Gasteiger partial charge in [-0.2, -0.15) is 4.52 Å². The second-order valence-electron chi connectivity index (χ2n) is 8.00. The number of carbonyl (C=O) groups excluding carboxylic acids is 2. The number of rotatable bonds is 4. The predicted octanol–water partition coefficient (Wildman–Crippen LogP) is 4.07. The Morgan fingerprint density at radius 3 is 2.56 bits per heavy atom. The molecule has 0 aliphatic carbocycles. The van der Waals surface area contributed by atoms with Crippen molar-refractivity contribution in [1.82, 2.24) is 24.4 Å². The number of aryl methyl sites for hydroxylation is 2. The van der Waals surface area contributed by atoms with Crippen LogP contribution in [0.25, 0.3) is 5.65 Å². The molecule has 174 valence electrons. The third-order valence-corrected chi connectivity index (χ3v) is 5.93. The van der Waals surface area contributed by atoms with E-state index in [9.17, 15) is 18.4 Å². The molecule has 1 aliphatic heterocycles. The molecule has 0 radical (unpaired) electrons. The molecule has 4 heterocycles. The van der Waals surface area contributed by atoms with Gasteiger partial charge in [0.15, 0.2) is 11.5 Å². The first kappa shape index (κ1) is 22.0. The molecule has 0 saturated heterocycles. The van der Waals surface area contributed by atoms with Crippen molar-refractivity contribution >= 4 is 40.6 Å². The quantitative estimate of drug-likeness (QED) is 0.470. The lowest BCUT2D eigenvalue weighted by Gasteiger charge is -2.26. The monoisotopic (exact) mass is 485 g/mol. The molecule has 2 amide bonds. The lowest BCUT2D eigenvalue weighted by molar-refractivity contribution is -0.114. The maximum atomic E-state index is 13.8. The number of nitrogens with zero attached hydrogens (tertiary/aromatic N) is 6. The van der Waals surface area contributed by atoms with Gasteiger partial charge in [0.25, 0.3) is 12.3 Å². The molecule has 12 heteroatoms. The number of aromatic nitrogens is 5. The highest BCUT2D eigenvalue weighted by molar-refractivity contribution is 6.30. The third-order valence-electron chi connectivity index (χ3n) is 5.68. The largest absolute Gasteiger partial charge is 0.350 e. The Balaban J connectivity index is 1.75. The van der Waals surface area contributed by atoms with Gasteiger partial charge < -0.3 is 9.88 Å². The van der Waals surface area contributed by atoms with Crippen molar-refractivity contribution in [3.05, 3.63) is 69.8 Å². The molecule has 9 nitrogen and oxygen atoms in total. The van der Waals surface area contributed by atoms with Crippen LogP contribution in [0.3, 0.4) is 0 Å². The summed E-state index contributed by atoms with van der Waals surface area (Å²) in [5, 5.41) is 14.9. The zero-order valence-corrected chi connectivity index (χ0v) is 19.0. The number of amides is 2. The minimum atomic E-state index is -2.90. The van der Waals surface area contributed by atoms with Crippen LogP contribution >= 0.6 is 11.6 Å². The van der Waals surface area contributed by atoms with Gasteiger partial charge in [-0.1, -0.05) is 23.7 Å². The summed E-state index contributed by atoms with van der Waals surface area (Å²) in [6.45, 7) is 3.03. The van der Waals surface area contributed by atoms with Crippen LogP contribution in [0.4, 0.5) is 20.3 Å². The second kappa shape index (κ2) is 7.87. The fraction of sp³-hybridized carbons (Fsp3) is 0.227. The van der Waals surface area contributed by atoms with Crippen LogP contribution < -0.4 is 10.2 Å². The number of hydrogen-bond donors (Lipinski definition) is 1. The van der Waals surface area contributed by atoms with Crippen LogP contribution in [0, 0.1) is 6.92 Å². The van der Waals surface area contributed by atoms with E-state index in [1.54, 1.807) is 55.1 Å². The van der Waals surface area contributed by atoms with Gasteiger partial charge in [-0.05, 0) is 36.2 Å². The van der Waals surface area contributed by atoms with Gasteiger partial charge in [-0.3, -0.25) is 14.5 Å². The summed E-state index contributed by atoms with van der Waals surface area (Å²) in [5.41, 5.74) is 2.69. The molecular formula is C22H18ClF2N7O2. The van der Waals surface area contributed by atoms with Crippen LogP contribution in [-0.2, 0) is 11.8 Å². The summed E-state index contributed by atoms with van der Waals surface area (Å²) >= 11 is 6.08. The molecule has 1 atom stereocenters. The first-order valence-corrected chi connectivity index (χ1v) is 10.6. The minimum Gasteiger partial charge on any atom is -0.350 e. The molecule has 5 rings (SSSR count). The molecular weight excluding hydrogens is 468 g/mol. The van der Waals surface area contributed by atoms with Gasteiger partial charge in [-0.25, -0.2) is 8.78 Å². The van der Waals surface area contributed by atoms with Gasteiger partial charge in [0.1, 0.15) is 6.04 Å². The van der Waals surface area contributed by atoms with Crippen molar-refractivity contribution in [2.75, 3.05) is 10.2 Å². The average molecular weight is 486 g/mol. The molecule has 1 unspecified atom stereocenters. The summed E-state index contributed by atoms with van der Waals surface area (Å²) in [6, 6.07) is 7.91. The first-order valence-electron chi connectivity index (χ1n) is 10.2. The van der Waals surface area contributed by atoms with E-state index >= 15 is 0 Å². The number of halogens is 3. The van der Waals surface area contributed by atoms with E-state index in [1.807, 2.05) is 0 Å². The zero-order chi connectivity index (χ0) is 24.3. The molecule has 4 aromatic rings. The van der Waals surface area contributed by atoms with E-state index in [0.717, 1.165) is 10.1 Å². The highest BCUT2D eigenvalue weighted by atomic mass is 35.5. The summed E-state index contributed by atoms with van der Waals surface area (Å²) in [5.74, 6) is -1.24. The zero-order valence-electron chi connectivity index (χ0n) is 18.3. The number of alkyl halides is 2. The van der Waals surface area contributed by atoms with E-state index in [0.29, 0.717) is 27.5 Å². The number of nitrogens with one attached hydrogen (secondary N) is 1. The van der Waals surface area contributed by atoms with Crippen LogP contribution in [0.1, 0.15) is 52.4 Å². The second-order valence-corrected chi connectivity index (χ2v) is 8.44. The molecule has 34 heavy (non-hydrogen) atoms. The van der Waals surface area contributed by atoms with Crippen molar-refractivity contribution in [3.63, 3.8) is 0 Å². The predicted molar refractivity (Wildman–Crippen MR) is 120 cm³/mol. The lowest BCUT2D eigenvalue weighted by Crippen LogP contribution is -2.31. The van der Waals surface area contributed by atoms with Crippen LogP contribution in [0.15, 0.2) is 36.5 Å². The summed E-state index contributed by atoms with van der Waals surface area (Å²) in [4.78, 5) is 27.0. The number of anilines is 2. The van der Waals surface area contributed by atoms with Crippen molar-refractivity contribution in [2.24, 2.45) is 7.05 Å². The van der Waals surface area contributed by atoms with Gasteiger partial charge >= 0.3 is 0 Å². The summed E-state index contributed by atoms with van der Waals surface area (Å²) < 4.78 is 29.8. The number of hydrogen-bond acceptors (Lipinski definition) is 5. The Labute approximate surface area is 196 Å². The first-order chi connectivity index (χ1) is 16.2. The van der Waals surface area contributed by atoms with Gasteiger partial charge in [0.2, 0.25) is 11.7 Å². The number of carbonyl (C=O) groups is 2. The van der Waals surface area contributed by atoms with E-state index in [1.165, 1.54) is 11.8 Å². The SMILES string of the molecule is CC(=O)Nc1cn(C)c2c1C(=O)N(c1cc(C)c3nnc(C(F)F)n3n1)C2c1ccc(Cl)cc1. The van der Waals surface area contributed by atoms with Crippen molar-refractivity contribution in [2.45, 2.75) is 26.3 Å². The van der Waals surface area contributed by atoms with Crippen molar-refractivity contribution in [1.29, 1.82) is 0 Å². The molecule has 1 N–H and O–H groups in total. The Morgan fingerprint density at radius 1 is 1.21 bits per heavy atom. The van der Waals surface area contributed by atoms with Crippen molar-refractivity contribution < 1.29 is 18.4 Å². The highest BCUT2D eigenvalue weighted by Gasteiger charge is 2.44. The summed E-state index contributed by atoms with van der Waals surface area (Å²) in [7, 11) is 1.76. The van der Waals surface area contributed by atoms with Crippen LogP contribution in [0.5, 0.6) is 0 Å². The standard InChI is InChI=1S/C22H18ClF2N7O2/c1-10-8-15(29-32-20(10)27-28-21(32)19(24)25)31-17(12-4-6-13(23)7-5-12)18-16(22(31)34)14(9-30(18)3)26-11(2)33/h4-9,17,19H,1-3H3,(H,26,33). The lowest BCUT2D eigenvalue weighted by atomic mass is 10.0. The Bertz CT molecular complexity index is 1460. The van der Waals surface area contributed by atoms with Crippen molar-refractivity contribution in [3.8, 4) is 0 Å². The molecule has 3 aromatic heterocycles. The van der Waals surface area contributed by atoms with Crippen LogP contribution in [-0.4, -0.2) is 36.2 Å². The smallest absolute Gasteiger partial charge is 0.299 e. The molecule has 0 spiro atoms. The van der Waals surface area contributed by atoms with E-state index in [-0.39, 0.29) is 17.4 Å². The molecule has 1 aromatic carbocycles. The molecule has 0 bridgehead atoms. The maximum absolute atomic E-state index is 13.8. The van der Waals surface area contributed by atoms with E-state index < -0.39 is 24.2 Å². The average Bonchev–Trinajstić information content (AvgIpc) is 3.42. The molecule has 0 saturated carbocycles.